The molecule has 0 aliphatic carbocycles. The van der Waals surface area contributed by atoms with Crippen LogP contribution in [-0.4, -0.2) is 5.71 Å². The predicted molar refractivity (Wildman–Crippen MR) is 235 cm³/mol. The van der Waals surface area contributed by atoms with Crippen LogP contribution in [0.3, 0.4) is 0 Å². The third-order valence-electron chi connectivity index (χ3n) is 9.70. The minimum absolute atomic E-state index is 0.851. The Balaban J connectivity index is 1.33. The van der Waals surface area contributed by atoms with E-state index in [0.29, 0.717) is 0 Å². The number of rotatable bonds is 11. The molecule has 0 amide bonds. The van der Waals surface area contributed by atoms with E-state index in [2.05, 4.69) is 196 Å². The highest BCUT2D eigenvalue weighted by atomic mass is 14.8. The molecule has 7 rings (SSSR count). The second-order valence-corrected chi connectivity index (χ2v) is 13.3. The average molecular weight is 694 g/mol. The number of allylic oxidation sites excluding steroid dienone is 7. The maximum atomic E-state index is 5.26. The zero-order chi connectivity index (χ0) is 37.3. The number of aliphatic imine (C=N–C) groups is 1. The fourth-order valence-corrected chi connectivity index (χ4v) is 6.79. The normalized spacial score (nSPS) is 12.3. The van der Waals surface area contributed by atoms with Crippen molar-refractivity contribution in [3.63, 3.8) is 0 Å². The van der Waals surface area contributed by atoms with Crippen molar-refractivity contribution in [2.24, 2.45) is 4.99 Å². The van der Waals surface area contributed by atoms with Gasteiger partial charge in [-0.25, -0.2) is 0 Å². The predicted octanol–water partition coefficient (Wildman–Crippen LogP) is 14.5. The first kappa shape index (κ1) is 35.6. The van der Waals surface area contributed by atoms with Gasteiger partial charge in [0.1, 0.15) is 0 Å². The summed E-state index contributed by atoms with van der Waals surface area (Å²) in [5, 5.41) is 2.47. The highest BCUT2D eigenvalue weighted by Crippen LogP contribution is 2.35. The van der Waals surface area contributed by atoms with Crippen molar-refractivity contribution >= 4 is 33.3 Å². The van der Waals surface area contributed by atoms with Crippen LogP contribution in [0.25, 0.3) is 61.0 Å². The molecule has 1 heteroatoms. The summed E-state index contributed by atoms with van der Waals surface area (Å²) in [6.45, 7) is 12.8. The standard InChI is InChI=1S/C53H43N/c1-5-7-18-40(6-2)46-25-16-26-47(34-46)50-36-48(35-49(37-50)42-21-12-9-13-22-42)38(3)33-53(54-39(4)41-19-10-8-11-20-41)45-31-29-44(30-32-45)52-28-17-24-43-23-14-15-27-51(43)52/h5-37H,2-3H2,1,4H3/b7-5-,40-18+,53-33-,54-39?. The van der Waals surface area contributed by atoms with Crippen molar-refractivity contribution in [1.29, 1.82) is 0 Å². The third kappa shape index (κ3) is 8.12. The van der Waals surface area contributed by atoms with Gasteiger partial charge < -0.3 is 0 Å². The molecular weight excluding hydrogens is 651 g/mol. The van der Waals surface area contributed by atoms with Crippen molar-refractivity contribution in [3.05, 3.63) is 236 Å². The molecule has 260 valence electrons. The van der Waals surface area contributed by atoms with E-state index in [-0.39, 0.29) is 0 Å². The molecule has 0 heterocycles. The number of hydrogen-bond acceptors (Lipinski definition) is 1. The van der Waals surface area contributed by atoms with E-state index >= 15 is 0 Å². The van der Waals surface area contributed by atoms with Crippen LogP contribution in [0.2, 0.25) is 0 Å². The number of fused-ring (bicyclic) bond motifs is 1. The first-order valence-corrected chi connectivity index (χ1v) is 18.4. The molecule has 7 aromatic carbocycles. The molecule has 7 aromatic rings. The molecule has 0 N–H and O–H groups in total. The third-order valence-corrected chi connectivity index (χ3v) is 9.70. The van der Waals surface area contributed by atoms with Gasteiger partial charge in [-0.05, 0) is 116 Å². The van der Waals surface area contributed by atoms with Gasteiger partial charge in [0.25, 0.3) is 0 Å². The number of nitrogens with zero attached hydrogens (tertiary/aromatic N) is 1. The number of benzene rings is 7. The zero-order valence-electron chi connectivity index (χ0n) is 30.9. The summed E-state index contributed by atoms with van der Waals surface area (Å²) in [6.07, 6.45) is 10.2. The first-order valence-electron chi connectivity index (χ1n) is 18.4. The van der Waals surface area contributed by atoms with E-state index < -0.39 is 0 Å². The van der Waals surface area contributed by atoms with Crippen LogP contribution >= 0.6 is 0 Å². The first-order chi connectivity index (χ1) is 26.5. The fourth-order valence-electron chi connectivity index (χ4n) is 6.79. The Labute approximate surface area is 320 Å². The van der Waals surface area contributed by atoms with E-state index in [1.54, 1.807) is 0 Å². The Morgan fingerprint density at radius 3 is 1.89 bits per heavy atom. The van der Waals surface area contributed by atoms with Gasteiger partial charge in [0.15, 0.2) is 0 Å². The Kier molecular flexibility index (Phi) is 11.0. The lowest BCUT2D eigenvalue weighted by Gasteiger charge is -2.14. The van der Waals surface area contributed by atoms with Gasteiger partial charge in [-0.2, -0.15) is 0 Å². The van der Waals surface area contributed by atoms with Gasteiger partial charge in [0.05, 0.1) is 5.70 Å². The minimum atomic E-state index is 0.851. The smallest absolute Gasteiger partial charge is 0.0711 e. The lowest BCUT2D eigenvalue weighted by atomic mass is 9.91. The molecule has 0 fully saturated rings. The van der Waals surface area contributed by atoms with E-state index in [4.69, 9.17) is 4.99 Å². The summed E-state index contributed by atoms with van der Waals surface area (Å²) < 4.78 is 0. The molecule has 0 aliphatic heterocycles. The molecule has 54 heavy (non-hydrogen) atoms. The lowest BCUT2D eigenvalue weighted by molar-refractivity contribution is 1.46. The molecule has 0 radical (unpaired) electrons. The van der Waals surface area contributed by atoms with Crippen LogP contribution < -0.4 is 0 Å². The van der Waals surface area contributed by atoms with Crippen LogP contribution in [0, 0.1) is 0 Å². The van der Waals surface area contributed by atoms with Crippen LogP contribution in [0.4, 0.5) is 0 Å². The summed E-state index contributed by atoms with van der Waals surface area (Å²) in [7, 11) is 0. The van der Waals surface area contributed by atoms with Crippen molar-refractivity contribution in [2.45, 2.75) is 13.8 Å². The number of hydrogen-bond donors (Lipinski definition) is 0. The molecule has 0 aliphatic rings. The van der Waals surface area contributed by atoms with E-state index in [1.165, 1.54) is 21.9 Å². The SMILES string of the molecule is C=C/C(=C\C=C/C)c1cccc(-c2cc(C(=C)/C=C(\N=C(C)c3ccccc3)c3ccc(-c4cccc5ccccc45)cc3)cc(-c3ccccc3)c2)c1. The molecule has 0 unspecified atom stereocenters. The summed E-state index contributed by atoms with van der Waals surface area (Å²) in [5.41, 5.74) is 14.9. The summed E-state index contributed by atoms with van der Waals surface area (Å²) in [6, 6.07) is 60.0. The van der Waals surface area contributed by atoms with E-state index in [0.717, 1.165) is 67.1 Å². The van der Waals surface area contributed by atoms with Crippen molar-refractivity contribution in [3.8, 4) is 33.4 Å². The quantitative estimate of drug-likeness (QED) is 0.0945. The molecule has 0 spiro atoms. The molecule has 0 saturated heterocycles. The molecule has 0 aromatic heterocycles. The molecule has 0 bridgehead atoms. The van der Waals surface area contributed by atoms with Crippen LogP contribution in [0.15, 0.2) is 218 Å². The van der Waals surface area contributed by atoms with Gasteiger partial charge in [-0.3, -0.25) is 4.99 Å². The van der Waals surface area contributed by atoms with Crippen LogP contribution in [-0.2, 0) is 0 Å². The Bertz CT molecular complexity index is 2560. The van der Waals surface area contributed by atoms with Crippen LogP contribution in [0.5, 0.6) is 0 Å². The van der Waals surface area contributed by atoms with Gasteiger partial charge >= 0.3 is 0 Å². The van der Waals surface area contributed by atoms with Crippen molar-refractivity contribution in [1.82, 2.24) is 0 Å². The van der Waals surface area contributed by atoms with Crippen molar-refractivity contribution in [2.75, 3.05) is 0 Å². The lowest BCUT2D eigenvalue weighted by Crippen LogP contribution is -1.96. The highest BCUT2D eigenvalue weighted by Gasteiger charge is 2.12. The van der Waals surface area contributed by atoms with Crippen molar-refractivity contribution < 1.29 is 0 Å². The van der Waals surface area contributed by atoms with E-state index in [9.17, 15) is 0 Å². The average Bonchev–Trinajstić information content (AvgIpc) is 3.24. The molecular formula is C53H43N. The highest BCUT2D eigenvalue weighted by molar-refractivity contribution is 6.03. The van der Waals surface area contributed by atoms with Gasteiger partial charge in [-0.15, -0.1) is 0 Å². The van der Waals surface area contributed by atoms with E-state index in [1.807, 2.05) is 31.2 Å². The maximum Gasteiger partial charge on any atom is 0.0711 e. The molecule has 0 saturated carbocycles. The Morgan fingerprint density at radius 1 is 0.537 bits per heavy atom. The molecule has 0 atom stereocenters. The molecule has 1 nitrogen and oxygen atoms in total. The Morgan fingerprint density at radius 2 is 1.15 bits per heavy atom. The van der Waals surface area contributed by atoms with Gasteiger partial charge in [-0.1, -0.05) is 183 Å². The zero-order valence-corrected chi connectivity index (χ0v) is 30.9. The minimum Gasteiger partial charge on any atom is -0.252 e. The largest absolute Gasteiger partial charge is 0.252 e. The second-order valence-electron chi connectivity index (χ2n) is 13.3. The fraction of sp³-hybridized carbons (Fsp3) is 0.0377. The van der Waals surface area contributed by atoms with Gasteiger partial charge in [0.2, 0.25) is 0 Å². The second kappa shape index (κ2) is 16.7. The monoisotopic (exact) mass is 693 g/mol. The summed E-state index contributed by atoms with van der Waals surface area (Å²) in [4.78, 5) is 5.26. The Hall–Kier alpha value is -6.83. The summed E-state index contributed by atoms with van der Waals surface area (Å²) >= 11 is 0. The topological polar surface area (TPSA) is 12.4 Å². The van der Waals surface area contributed by atoms with Gasteiger partial charge in [0, 0.05) is 11.3 Å². The maximum absolute atomic E-state index is 5.26. The summed E-state index contributed by atoms with van der Waals surface area (Å²) in [5.74, 6) is 0. The van der Waals surface area contributed by atoms with Crippen LogP contribution in [0.1, 0.15) is 36.1 Å².